The van der Waals surface area contributed by atoms with Crippen LogP contribution < -0.4 is 11.3 Å². The summed E-state index contributed by atoms with van der Waals surface area (Å²) >= 11 is 0. The minimum absolute atomic E-state index is 0.0643. The van der Waals surface area contributed by atoms with Crippen LogP contribution in [0.25, 0.3) is 0 Å². The maximum Gasteiger partial charge on any atom is 0.124 e. The summed E-state index contributed by atoms with van der Waals surface area (Å²) in [5.74, 6) is 6.64. The summed E-state index contributed by atoms with van der Waals surface area (Å²) in [5.41, 5.74) is 2.68. The molecule has 18 heavy (non-hydrogen) atoms. The highest BCUT2D eigenvalue weighted by Gasteiger charge is 2.41. The molecule has 0 aliphatic heterocycles. The number of nitrogens with two attached hydrogens (primary N) is 1. The van der Waals surface area contributed by atoms with Crippen LogP contribution in [0.2, 0.25) is 0 Å². The van der Waals surface area contributed by atoms with Crippen molar-refractivity contribution in [3.8, 4) is 0 Å². The zero-order valence-electron chi connectivity index (χ0n) is 11.2. The molecule has 2 rings (SSSR count). The number of nitrogens with one attached hydrogen (secondary N) is 1. The van der Waals surface area contributed by atoms with E-state index in [1.165, 1.54) is 25.7 Å². The number of hydrogen-bond acceptors (Lipinski definition) is 4. The van der Waals surface area contributed by atoms with Crippen LogP contribution in [-0.2, 0) is 4.74 Å². The second-order valence-corrected chi connectivity index (χ2v) is 5.03. The van der Waals surface area contributed by atoms with Gasteiger partial charge in [-0.25, -0.2) is 5.43 Å². The van der Waals surface area contributed by atoms with Gasteiger partial charge in [-0.15, -0.1) is 0 Å². The molecule has 0 aromatic carbocycles. The fraction of sp³-hybridized carbons (Fsp3) is 0.714. The topological polar surface area (TPSA) is 60.4 Å². The molecule has 1 aliphatic rings. The third-order valence-corrected chi connectivity index (χ3v) is 3.90. The van der Waals surface area contributed by atoms with Crippen LogP contribution in [0.15, 0.2) is 22.8 Å². The molecule has 1 fully saturated rings. The Bertz CT molecular complexity index is 330. The molecular weight excluding hydrogens is 228 g/mol. The van der Waals surface area contributed by atoms with Gasteiger partial charge < -0.3 is 9.15 Å². The lowest BCUT2D eigenvalue weighted by Crippen LogP contribution is -2.48. The summed E-state index contributed by atoms with van der Waals surface area (Å²) < 4.78 is 11.7. The molecule has 0 amide bonds. The molecule has 0 bridgehead atoms. The van der Waals surface area contributed by atoms with E-state index >= 15 is 0 Å². The molecule has 0 saturated heterocycles. The van der Waals surface area contributed by atoms with Gasteiger partial charge in [0.1, 0.15) is 11.8 Å². The highest BCUT2D eigenvalue weighted by atomic mass is 16.5. The second-order valence-electron chi connectivity index (χ2n) is 5.03. The van der Waals surface area contributed by atoms with Gasteiger partial charge >= 0.3 is 0 Å². The van der Waals surface area contributed by atoms with E-state index in [1.54, 1.807) is 6.26 Å². The lowest BCUT2D eigenvalue weighted by atomic mass is 9.85. The Kier molecular flexibility index (Phi) is 4.80. The van der Waals surface area contributed by atoms with Crippen LogP contribution >= 0.6 is 0 Å². The van der Waals surface area contributed by atoms with Crippen molar-refractivity contribution < 1.29 is 9.15 Å². The fourth-order valence-electron chi connectivity index (χ4n) is 3.08. The average molecular weight is 252 g/mol. The molecule has 4 heteroatoms. The van der Waals surface area contributed by atoms with E-state index in [0.29, 0.717) is 6.61 Å². The summed E-state index contributed by atoms with van der Waals surface area (Å²) in [7, 11) is 0. The van der Waals surface area contributed by atoms with Gasteiger partial charge in [0.2, 0.25) is 0 Å². The largest absolute Gasteiger partial charge is 0.468 e. The first-order chi connectivity index (χ1) is 8.82. The maximum absolute atomic E-state index is 6.12. The average Bonchev–Trinajstić information content (AvgIpc) is 2.78. The van der Waals surface area contributed by atoms with E-state index in [1.807, 2.05) is 19.1 Å². The molecule has 1 unspecified atom stereocenters. The standard InChI is InChI=1S/C14H24N2O2/c1-2-18-14(9-5-3-4-6-10-14)13(16-15)12-8-7-11-17-12/h7-8,11,13,16H,2-6,9-10,15H2,1H3. The van der Waals surface area contributed by atoms with E-state index in [2.05, 4.69) is 5.43 Å². The zero-order valence-corrected chi connectivity index (χ0v) is 11.2. The number of rotatable bonds is 5. The molecule has 4 nitrogen and oxygen atoms in total. The lowest BCUT2D eigenvalue weighted by molar-refractivity contribution is -0.0824. The minimum Gasteiger partial charge on any atom is -0.468 e. The van der Waals surface area contributed by atoms with E-state index in [4.69, 9.17) is 15.0 Å². The van der Waals surface area contributed by atoms with Crippen LogP contribution in [0, 0.1) is 0 Å². The van der Waals surface area contributed by atoms with Gasteiger partial charge in [-0.05, 0) is 31.9 Å². The van der Waals surface area contributed by atoms with Crippen molar-refractivity contribution in [2.24, 2.45) is 5.84 Å². The van der Waals surface area contributed by atoms with Gasteiger partial charge in [-0.3, -0.25) is 5.84 Å². The molecule has 0 spiro atoms. The van der Waals surface area contributed by atoms with E-state index in [-0.39, 0.29) is 11.6 Å². The molecule has 1 aromatic rings. The van der Waals surface area contributed by atoms with Crippen molar-refractivity contribution in [1.82, 2.24) is 5.43 Å². The Labute approximate surface area is 109 Å². The lowest BCUT2D eigenvalue weighted by Gasteiger charge is -2.38. The van der Waals surface area contributed by atoms with E-state index < -0.39 is 0 Å². The van der Waals surface area contributed by atoms with Crippen LogP contribution in [0.4, 0.5) is 0 Å². The Hall–Kier alpha value is -0.840. The molecule has 1 aromatic heterocycles. The molecule has 102 valence electrons. The molecule has 3 N–H and O–H groups in total. The molecule has 1 atom stereocenters. The number of ether oxygens (including phenoxy) is 1. The highest BCUT2D eigenvalue weighted by molar-refractivity contribution is 5.11. The van der Waals surface area contributed by atoms with Gasteiger partial charge in [0.05, 0.1) is 11.9 Å². The smallest absolute Gasteiger partial charge is 0.124 e. The number of hydrogen-bond donors (Lipinski definition) is 2. The van der Waals surface area contributed by atoms with Gasteiger partial charge in [0.25, 0.3) is 0 Å². The van der Waals surface area contributed by atoms with E-state index in [0.717, 1.165) is 18.6 Å². The zero-order chi connectivity index (χ0) is 12.8. The van der Waals surface area contributed by atoms with Crippen molar-refractivity contribution >= 4 is 0 Å². The van der Waals surface area contributed by atoms with Crippen LogP contribution in [0.3, 0.4) is 0 Å². The monoisotopic (exact) mass is 252 g/mol. The summed E-state index contributed by atoms with van der Waals surface area (Å²) in [6.07, 6.45) is 8.72. The third kappa shape index (κ3) is 2.76. The van der Waals surface area contributed by atoms with Crippen molar-refractivity contribution in [3.63, 3.8) is 0 Å². The summed E-state index contributed by atoms with van der Waals surface area (Å²) in [5, 5.41) is 0. The number of hydrazine groups is 1. The summed E-state index contributed by atoms with van der Waals surface area (Å²) in [6, 6.07) is 3.80. The van der Waals surface area contributed by atoms with Crippen molar-refractivity contribution in [2.45, 2.75) is 57.1 Å². The van der Waals surface area contributed by atoms with Gasteiger partial charge in [-0.1, -0.05) is 25.7 Å². The minimum atomic E-state index is -0.224. The molecular formula is C14H24N2O2. The Morgan fingerprint density at radius 2 is 2.11 bits per heavy atom. The Balaban J connectivity index is 2.25. The predicted molar refractivity (Wildman–Crippen MR) is 70.8 cm³/mol. The van der Waals surface area contributed by atoms with Crippen molar-refractivity contribution in [2.75, 3.05) is 6.61 Å². The van der Waals surface area contributed by atoms with Crippen LogP contribution in [0.1, 0.15) is 57.3 Å². The highest BCUT2D eigenvalue weighted by Crippen LogP contribution is 2.40. The van der Waals surface area contributed by atoms with Crippen molar-refractivity contribution in [1.29, 1.82) is 0 Å². The third-order valence-electron chi connectivity index (χ3n) is 3.90. The first-order valence-corrected chi connectivity index (χ1v) is 6.96. The van der Waals surface area contributed by atoms with Gasteiger partial charge in [-0.2, -0.15) is 0 Å². The normalized spacial score (nSPS) is 21.4. The van der Waals surface area contributed by atoms with Crippen LogP contribution in [0.5, 0.6) is 0 Å². The summed E-state index contributed by atoms with van der Waals surface area (Å²) in [4.78, 5) is 0. The predicted octanol–water partition coefficient (Wildman–Crippen LogP) is 2.91. The van der Waals surface area contributed by atoms with Crippen molar-refractivity contribution in [3.05, 3.63) is 24.2 Å². The quantitative estimate of drug-likeness (QED) is 0.480. The van der Waals surface area contributed by atoms with Gasteiger partial charge in [0, 0.05) is 6.61 Å². The molecule has 1 saturated carbocycles. The second kappa shape index (κ2) is 6.36. The first kappa shape index (κ1) is 13.6. The first-order valence-electron chi connectivity index (χ1n) is 6.96. The Morgan fingerprint density at radius 3 is 2.61 bits per heavy atom. The maximum atomic E-state index is 6.12. The SMILES string of the molecule is CCOC1(C(NN)c2ccco2)CCCCCC1. The molecule has 1 aliphatic carbocycles. The van der Waals surface area contributed by atoms with Crippen LogP contribution in [-0.4, -0.2) is 12.2 Å². The Morgan fingerprint density at radius 1 is 1.39 bits per heavy atom. The molecule has 0 radical (unpaired) electrons. The fourth-order valence-corrected chi connectivity index (χ4v) is 3.08. The summed E-state index contributed by atoms with van der Waals surface area (Å²) in [6.45, 7) is 2.75. The molecule has 1 heterocycles. The van der Waals surface area contributed by atoms with Gasteiger partial charge in [0.15, 0.2) is 0 Å². The van der Waals surface area contributed by atoms with E-state index in [9.17, 15) is 0 Å². The number of furan rings is 1.